The number of hydrogen-bond donors (Lipinski definition) is 2. The first-order chi connectivity index (χ1) is 13.4. The van der Waals surface area contributed by atoms with Crippen LogP contribution in [0.4, 0.5) is 0 Å². The normalized spacial score (nSPS) is 10.4. The zero-order valence-corrected chi connectivity index (χ0v) is 17.6. The zero-order valence-electron chi connectivity index (χ0n) is 16.8. The second kappa shape index (κ2) is 11.9. The molecular formula is C21H27ClN2O5. The molecule has 158 valence electrons. The van der Waals surface area contributed by atoms with Gasteiger partial charge in [-0.25, -0.2) is 0 Å². The van der Waals surface area contributed by atoms with Crippen molar-refractivity contribution in [1.29, 1.82) is 0 Å². The van der Waals surface area contributed by atoms with Crippen molar-refractivity contribution in [3.05, 3.63) is 59.7 Å². The number of nitrogens with zero attached hydrogens (tertiary/aromatic N) is 1. The van der Waals surface area contributed by atoms with Crippen LogP contribution in [0.25, 0.3) is 0 Å². The van der Waals surface area contributed by atoms with Crippen molar-refractivity contribution in [3.63, 3.8) is 0 Å². The van der Waals surface area contributed by atoms with Gasteiger partial charge < -0.3 is 19.9 Å². The Labute approximate surface area is 177 Å². The summed E-state index contributed by atoms with van der Waals surface area (Å²) in [5.74, 6) is 0.389. The van der Waals surface area contributed by atoms with Gasteiger partial charge in [-0.15, -0.1) is 12.4 Å². The number of benzene rings is 2. The number of rotatable bonds is 10. The lowest BCUT2D eigenvalue weighted by Gasteiger charge is -2.22. The van der Waals surface area contributed by atoms with Gasteiger partial charge in [0.25, 0.3) is 0 Å². The number of aliphatic carboxylic acids is 1. The number of hydrogen-bond acceptors (Lipinski definition) is 5. The molecule has 0 saturated heterocycles. The summed E-state index contributed by atoms with van der Waals surface area (Å²) in [6.07, 6.45) is -0.00975. The van der Waals surface area contributed by atoms with Crippen LogP contribution in [0.3, 0.4) is 0 Å². The second-order valence-electron chi connectivity index (χ2n) is 6.43. The van der Waals surface area contributed by atoms with Crippen LogP contribution >= 0.6 is 12.4 Å². The summed E-state index contributed by atoms with van der Waals surface area (Å²) in [7, 11) is 4.92. The number of ether oxygens (including phenoxy) is 2. The maximum Gasteiger partial charge on any atom is 0.304 e. The third-order valence-corrected chi connectivity index (χ3v) is 4.32. The van der Waals surface area contributed by atoms with Gasteiger partial charge in [0.15, 0.2) is 0 Å². The first-order valence-corrected chi connectivity index (χ1v) is 8.90. The third-order valence-electron chi connectivity index (χ3n) is 4.32. The van der Waals surface area contributed by atoms with Crippen molar-refractivity contribution in [1.82, 2.24) is 10.2 Å². The lowest BCUT2D eigenvalue weighted by molar-refractivity contribution is -0.137. The van der Waals surface area contributed by atoms with E-state index in [9.17, 15) is 9.59 Å². The number of nitrogens with one attached hydrogen (secondary N) is 1. The molecule has 0 saturated carbocycles. The Morgan fingerprint density at radius 1 is 0.966 bits per heavy atom. The predicted octanol–water partition coefficient (Wildman–Crippen LogP) is 2.74. The van der Waals surface area contributed by atoms with E-state index in [1.807, 2.05) is 48.5 Å². The van der Waals surface area contributed by atoms with E-state index < -0.39 is 5.97 Å². The van der Waals surface area contributed by atoms with E-state index in [2.05, 4.69) is 5.32 Å². The standard InChI is InChI=1S/C21H26N2O5.ClH/c1-23(13-12-20(25)26)14-19(24)22-21(15-4-8-17(27-2)9-5-15)16-6-10-18(28-3)11-7-16;/h4-11,21H,12-14H2,1-3H3,(H,22,24)(H,25,26);1H. The molecule has 0 atom stereocenters. The van der Waals surface area contributed by atoms with Crippen LogP contribution in [0.5, 0.6) is 11.5 Å². The predicted molar refractivity (Wildman–Crippen MR) is 113 cm³/mol. The van der Waals surface area contributed by atoms with E-state index in [4.69, 9.17) is 14.6 Å². The summed E-state index contributed by atoms with van der Waals surface area (Å²) in [5, 5.41) is 11.8. The average molecular weight is 423 g/mol. The molecule has 0 bridgehead atoms. The second-order valence-corrected chi connectivity index (χ2v) is 6.43. The quantitative estimate of drug-likeness (QED) is 0.612. The number of halogens is 1. The van der Waals surface area contributed by atoms with Gasteiger partial charge in [-0.3, -0.25) is 14.5 Å². The fourth-order valence-electron chi connectivity index (χ4n) is 2.77. The van der Waals surface area contributed by atoms with Crippen LogP contribution < -0.4 is 14.8 Å². The molecule has 7 nitrogen and oxygen atoms in total. The molecule has 0 aliphatic heterocycles. The van der Waals surface area contributed by atoms with Crippen molar-refractivity contribution in [2.24, 2.45) is 0 Å². The van der Waals surface area contributed by atoms with Gasteiger partial charge in [-0.2, -0.15) is 0 Å². The SMILES string of the molecule is COc1ccc(C(NC(=O)CN(C)CCC(=O)O)c2ccc(OC)cc2)cc1.Cl. The average Bonchev–Trinajstić information content (AvgIpc) is 2.70. The summed E-state index contributed by atoms with van der Waals surface area (Å²) in [5.41, 5.74) is 1.82. The molecule has 0 aliphatic carbocycles. The minimum atomic E-state index is -0.887. The van der Waals surface area contributed by atoms with Crippen molar-refractivity contribution in [2.45, 2.75) is 12.5 Å². The fraction of sp³-hybridized carbons (Fsp3) is 0.333. The highest BCUT2D eigenvalue weighted by Crippen LogP contribution is 2.26. The van der Waals surface area contributed by atoms with E-state index >= 15 is 0 Å². The summed E-state index contributed by atoms with van der Waals surface area (Å²) in [4.78, 5) is 24.9. The minimum absolute atomic E-state index is 0. The Hall–Kier alpha value is -2.77. The van der Waals surface area contributed by atoms with Gasteiger partial charge in [-0.05, 0) is 42.4 Å². The molecule has 1 amide bonds. The maximum atomic E-state index is 12.6. The smallest absolute Gasteiger partial charge is 0.304 e. The first kappa shape index (κ1) is 24.3. The largest absolute Gasteiger partial charge is 0.497 e. The number of carbonyl (C=O) groups excluding carboxylic acids is 1. The minimum Gasteiger partial charge on any atom is -0.497 e. The van der Waals surface area contributed by atoms with Gasteiger partial charge >= 0.3 is 5.97 Å². The van der Waals surface area contributed by atoms with Gasteiger partial charge in [0, 0.05) is 6.54 Å². The van der Waals surface area contributed by atoms with E-state index in [1.165, 1.54) is 0 Å². The Bertz CT molecular complexity index is 733. The molecular weight excluding hydrogens is 396 g/mol. The Balaban J connectivity index is 0.00000420. The highest BCUT2D eigenvalue weighted by Gasteiger charge is 2.18. The first-order valence-electron chi connectivity index (χ1n) is 8.90. The van der Waals surface area contributed by atoms with Crippen LogP contribution in [0.2, 0.25) is 0 Å². The van der Waals surface area contributed by atoms with E-state index in [0.29, 0.717) is 6.54 Å². The van der Waals surface area contributed by atoms with Gasteiger partial charge in [0.05, 0.1) is 33.2 Å². The maximum absolute atomic E-state index is 12.6. The van der Waals surface area contributed by atoms with Crippen molar-refractivity contribution >= 4 is 24.3 Å². The monoisotopic (exact) mass is 422 g/mol. The van der Waals surface area contributed by atoms with Crippen LogP contribution in [-0.2, 0) is 9.59 Å². The van der Waals surface area contributed by atoms with Gasteiger partial charge in [0.2, 0.25) is 5.91 Å². The topological polar surface area (TPSA) is 88.1 Å². The highest BCUT2D eigenvalue weighted by atomic mass is 35.5. The Morgan fingerprint density at radius 3 is 1.79 bits per heavy atom. The van der Waals surface area contributed by atoms with E-state index in [0.717, 1.165) is 22.6 Å². The van der Waals surface area contributed by atoms with E-state index in [-0.39, 0.29) is 37.3 Å². The van der Waals surface area contributed by atoms with Crippen LogP contribution in [0, 0.1) is 0 Å². The zero-order chi connectivity index (χ0) is 20.5. The van der Waals surface area contributed by atoms with Gasteiger partial charge in [0.1, 0.15) is 11.5 Å². The molecule has 2 aromatic rings. The van der Waals surface area contributed by atoms with Crippen LogP contribution in [0.15, 0.2) is 48.5 Å². The molecule has 0 fully saturated rings. The Kier molecular flexibility index (Phi) is 9.99. The molecule has 0 aromatic heterocycles. The number of carboxylic acids is 1. The molecule has 2 rings (SSSR count). The van der Waals surface area contributed by atoms with Crippen molar-refractivity contribution in [2.75, 3.05) is 34.4 Å². The third kappa shape index (κ3) is 7.63. The number of likely N-dealkylation sites (N-methyl/N-ethyl adjacent to an activating group) is 1. The molecule has 29 heavy (non-hydrogen) atoms. The summed E-state index contributed by atoms with van der Waals surface area (Å²) >= 11 is 0. The highest BCUT2D eigenvalue weighted by molar-refractivity contribution is 5.85. The summed E-state index contributed by atoms with van der Waals surface area (Å²) < 4.78 is 10.4. The Morgan fingerprint density at radius 2 is 1.41 bits per heavy atom. The molecule has 2 N–H and O–H groups in total. The lowest BCUT2D eigenvalue weighted by atomic mass is 9.98. The number of amides is 1. The number of carbonyl (C=O) groups is 2. The lowest BCUT2D eigenvalue weighted by Crippen LogP contribution is -2.38. The fourth-order valence-corrected chi connectivity index (χ4v) is 2.77. The molecule has 0 aliphatic rings. The molecule has 0 radical (unpaired) electrons. The van der Waals surface area contributed by atoms with E-state index in [1.54, 1.807) is 26.2 Å². The van der Waals surface area contributed by atoms with Crippen molar-refractivity contribution < 1.29 is 24.2 Å². The molecule has 8 heteroatoms. The summed E-state index contributed by atoms with van der Waals surface area (Å²) in [6, 6.07) is 14.6. The van der Waals surface area contributed by atoms with Crippen LogP contribution in [0.1, 0.15) is 23.6 Å². The summed E-state index contributed by atoms with van der Waals surface area (Å²) in [6.45, 7) is 0.411. The molecule has 0 spiro atoms. The van der Waals surface area contributed by atoms with Crippen LogP contribution in [-0.4, -0.2) is 56.2 Å². The van der Waals surface area contributed by atoms with Crippen molar-refractivity contribution in [3.8, 4) is 11.5 Å². The molecule has 0 heterocycles. The molecule has 0 unspecified atom stereocenters. The molecule has 2 aromatic carbocycles. The number of methoxy groups -OCH3 is 2. The van der Waals surface area contributed by atoms with Gasteiger partial charge in [-0.1, -0.05) is 24.3 Å². The number of carboxylic acid groups (broad SMARTS) is 1.